The first-order chi connectivity index (χ1) is 7.49. The third kappa shape index (κ3) is 4.31. The molecule has 96 valence electrons. The Morgan fingerprint density at radius 1 is 1.41 bits per heavy atom. The second-order valence-corrected chi connectivity index (χ2v) is 4.87. The zero-order valence-corrected chi connectivity index (χ0v) is 10.8. The number of hydrogen-bond donors (Lipinski definition) is 3. The van der Waals surface area contributed by atoms with Crippen molar-refractivity contribution in [2.24, 2.45) is 5.73 Å². The number of nitrogens with two attached hydrogens (primary N) is 1. The lowest BCUT2D eigenvalue weighted by molar-refractivity contribution is -0.114. The van der Waals surface area contributed by atoms with Crippen LogP contribution >= 0.6 is 12.4 Å². The summed E-state index contributed by atoms with van der Waals surface area (Å²) < 4.78 is 25.1. The summed E-state index contributed by atoms with van der Waals surface area (Å²) in [5.74, 6) is -0.376. The molecule has 1 aromatic rings. The number of carbonyl (C=O) groups excluding carboxylic acids is 1. The van der Waals surface area contributed by atoms with Gasteiger partial charge in [0.05, 0.1) is 11.4 Å². The lowest BCUT2D eigenvalue weighted by atomic mass is 10.3. The maximum absolute atomic E-state index is 11.5. The molecule has 0 fully saturated rings. The molecule has 0 radical (unpaired) electrons. The number of benzene rings is 1. The summed E-state index contributed by atoms with van der Waals surface area (Å²) in [4.78, 5) is 11.1. The van der Waals surface area contributed by atoms with Crippen molar-refractivity contribution in [1.29, 1.82) is 0 Å². The van der Waals surface area contributed by atoms with Crippen LogP contribution in [-0.2, 0) is 14.8 Å². The van der Waals surface area contributed by atoms with Crippen molar-refractivity contribution in [2.45, 2.75) is 4.90 Å². The van der Waals surface area contributed by atoms with E-state index in [2.05, 4.69) is 10.0 Å². The molecule has 1 rings (SSSR count). The molecule has 0 aromatic heterocycles. The molecule has 1 aromatic carbocycles. The topological polar surface area (TPSA) is 101 Å². The Labute approximate surface area is 106 Å². The molecule has 17 heavy (non-hydrogen) atoms. The number of amides is 1. The fraction of sp³-hybridized carbons (Fsp3) is 0.222. The molecule has 0 spiro atoms. The summed E-state index contributed by atoms with van der Waals surface area (Å²) in [6, 6.07) is 5.92. The van der Waals surface area contributed by atoms with Crippen LogP contribution in [0.2, 0.25) is 0 Å². The minimum atomic E-state index is -3.50. The molecule has 0 saturated heterocycles. The quantitative estimate of drug-likeness (QED) is 0.717. The Hall–Kier alpha value is -1.15. The van der Waals surface area contributed by atoms with E-state index in [0.717, 1.165) is 0 Å². The molecule has 0 bridgehead atoms. The first-order valence-corrected chi connectivity index (χ1v) is 6.01. The van der Waals surface area contributed by atoms with Crippen LogP contribution in [0.1, 0.15) is 0 Å². The van der Waals surface area contributed by atoms with Crippen LogP contribution in [0.5, 0.6) is 0 Å². The van der Waals surface area contributed by atoms with Crippen molar-refractivity contribution in [3.05, 3.63) is 24.3 Å². The van der Waals surface area contributed by atoms with Gasteiger partial charge in [-0.15, -0.1) is 12.4 Å². The van der Waals surface area contributed by atoms with Crippen LogP contribution in [0.4, 0.5) is 5.69 Å². The van der Waals surface area contributed by atoms with E-state index in [1.807, 2.05) is 0 Å². The molecule has 0 aliphatic carbocycles. The lowest BCUT2D eigenvalue weighted by Gasteiger charge is -2.06. The fourth-order valence-electron chi connectivity index (χ4n) is 1.07. The SMILES string of the molecule is CNS(=O)(=O)c1cccc(NC(=O)CN)c1.Cl. The van der Waals surface area contributed by atoms with Gasteiger partial charge in [-0.05, 0) is 25.2 Å². The molecule has 0 atom stereocenters. The molecular weight excluding hydrogens is 266 g/mol. The van der Waals surface area contributed by atoms with Gasteiger partial charge in [0.15, 0.2) is 0 Å². The number of nitrogens with one attached hydrogen (secondary N) is 2. The average molecular weight is 280 g/mol. The highest BCUT2D eigenvalue weighted by Gasteiger charge is 2.11. The summed E-state index contributed by atoms with van der Waals surface area (Å²) in [6.45, 7) is -0.150. The maximum Gasteiger partial charge on any atom is 0.240 e. The van der Waals surface area contributed by atoms with Crippen LogP contribution in [-0.4, -0.2) is 27.9 Å². The van der Waals surface area contributed by atoms with E-state index in [-0.39, 0.29) is 29.8 Å². The van der Waals surface area contributed by atoms with Crippen molar-refractivity contribution in [3.63, 3.8) is 0 Å². The van der Waals surface area contributed by atoms with Gasteiger partial charge in [0.1, 0.15) is 0 Å². The van der Waals surface area contributed by atoms with Crippen molar-refractivity contribution in [3.8, 4) is 0 Å². The molecule has 0 aliphatic heterocycles. The minimum absolute atomic E-state index is 0. The zero-order chi connectivity index (χ0) is 12.2. The Morgan fingerprint density at radius 2 is 2.06 bits per heavy atom. The Balaban J connectivity index is 0.00000256. The Bertz CT molecular complexity index is 490. The molecule has 0 saturated carbocycles. The number of halogens is 1. The molecule has 0 aliphatic rings. The number of sulfonamides is 1. The summed E-state index contributed by atoms with van der Waals surface area (Å²) in [5.41, 5.74) is 5.52. The van der Waals surface area contributed by atoms with Gasteiger partial charge in [0.25, 0.3) is 0 Å². The number of rotatable bonds is 4. The molecule has 6 nitrogen and oxygen atoms in total. The third-order valence-corrected chi connectivity index (χ3v) is 3.29. The number of hydrogen-bond acceptors (Lipinski definition) is 4. The summed E-state index contributed by atoms with van der Waals surface area (Å²) in [7, 11) is -2.18. The van der Waals surface area contributed by atoms with Crippen LogP contribution in [0.3, 0.4) is 0 Å². The summed E-state index contributed by atoms with van der Waals surface area (Å²) >= 11 is 0. The third-order valence-electron chi connectivity index (χ3n) is 1.88. The lowest BCUT2D eigenvalue weighted by Crippen LogP contribution is -2.22. The van der Waals surface area contributed by atoms with Crippen LogP contribution in [0.25, 0.3) is 0 Å². The molecule has 0 heterocycles. The Kier molecular flexibility index (Phi) is 6.11. The molecule has 0 unspecified atom stereocenters. The Morgan fingerprint density at radius 3 is 2.59 bits per heavy atom. The van der Waals surface area contributed by atoms with Gasteiger partial charge in [-0.1, -0.05) is 6.07 Å². The number of anilines is 1. The molecular formula is C9H14ClN3O3S. The van der Waals surface area contributed by atoms with E-state index >= 15 is 0 Å². The fourth-order valence-corrected chi connectivity index (χ4v) is 1.85. The van der Waals surface area contributed by atoms with Crippen LogP contribution in [0.15, 0.2) is 29.2 Å². The summed E-state index contributed by atoms with van der Waals surface area (Å²) in [5, 5.41) is 2.47. The van der Waals surface area contributed by atoms with E-state index in [9.17, 15) is 13.2 Å². The van der Waals surface area contributed by atoms with Crippen molar-refractivity contribution in [1.82, 2.24) is 4.72 Å². The number of carbonyl (C=O) groups is 1. The predicted molar refractivity (Wildman–Crippen MR) is 67.6 cm³/mol. The van der Waals surface area contributed by atoms with Crippen molar-refractivity contribution < 1.29 is 13.2 Å². The predicted octanol–water partition coefficient (Wildman–Crippen LogP) is -0.0863. The van der Waals surface area contributed by atoms with Gasteiger partial charge in [-0.25, -0.2) is 13.1 Å². The van der Waals surface area contributed by atoms with E-state index in [4.69, 9.17) is 5.73 Å². The zero-order valence-electron chi connectivity index (χ0n) is 9.14. The van der Waals surface area contributed by atoms with Gasteiger partial charge >= 0.3 is 0 Å². The first-order valence-electron chi connectivity index (χ1n) is 4.53. The molecule has 8 heteroatoms. The highest BCUT2D eigenvalue weighted by atomic mass is 35.5. The molecule has 1 amide bonds. The van der Waals surface area contributed by atoms with Crippen LogP contribution < -0.4 is 15.8 Å². The van der Waals surface area contributed by atoms with Gasteiger partial charge in [-0.2, -0.15) is 0 Å². The maximum atomic E-state index is 11.5. The largest absolute Gasteiger partial charge is 0.325 e. The first kappa shape index (κ1) is 15.9. The van der Waals surface area contributed by atoms with Gasteiger partial charge < -0.3 is 11.1 Å². The monoisotopic (exact) mass is 279 g/mol. The van der Waals surface area contributed by atoms with Gasteiger partial charge in [-0.3, -0.25) is 4.79 Å². The average Bonchev–Trinajstić information content (AvgIpc) is 2.29. The van der Waals surface area contributed by atoms with E-state index in [1.165, 1.54) is 25.2 Å². The highest BCUT2D eigenvalue weighted by molar-refractivity contribution is 7.89. The van der Waals surface area contributed by atoms with E-state index < -0.39 is 10.0 Å². The second-order valence-electron chi connectivity index (χ2n) is 2.99. The standard InChI is InChI=1S/C9H13N3O3S.ClH/c1-11-16(14,15)8-4-2-3-7(5-8)12-9(13)6-10;/h2-5,11H,6,10H2,1H3,(H,12,13);1H. The minimum Gasteiger partial charge on any atom is -0.325 e. The van der Waals surface area contributed by atoms with E-state index in [1.54, 1.807) is 6.07 Å². The smallest absolute Gasteiger partial charge is 0.240 e. The molecule has 4 N–H and O–H groups in total. The second kappa shape index (κ2) is 6.55. The summed E-state index contributed by atoms with van der Waals surface area (Å²) in [6.07, 6.45) is 0. The highest BCUT2D eigenvalue weighted by Crippen LogP contribution is 2.14. The van der Waals surface area contributed by atoms with Crippen molar-refractivity contribution in [2.75, 3.05) is 18.9 Å². The van der Waals surface area contributed by atoms with Gasteiger partial charge in [0.2, 0.25) is 15.9 Å². The van der Waals surface area contributed by atoms with Gasteiger partial charge in [0, 0.05) is 5.69 Å². The van der Waals surface area contributed by atoms with E-state index in [0.29, 0.717) is 5.69 Å². The normalized spacial score (nSPS) is 10.5. The van der Waals surface area contributed by atoms with Crippen molar-refractivity contribution >= 4 is 34.0 Å². The van der Waals surface area contributed by atoms with Crippen LogP contribution in [0, 0.1) is 0 Å².